The lowest BCUT2D eigenvalue weighted by Crippen LogP contribution is -2.24. The van der Waals surface area contributed by atoms with Gasteiger partial charge in [0, 0.05) is 30.9 Å². The van der Waals surface area contributed by atoms with Crippen molar-refractivity contribution in [3.63, 3.8) is 0 Å². The fraction of sp³-hybridized carbons (Fsp3) is 0.158. The van der Waals surface area contributed by atoms with Crippen LogP contribution in [-0.4, -0.2) is 42.6 Å². The molecule has 132 valence electrons. The molecule has 7 heteroatoms. The number of hydrogen-bond acceptors (Lipinski definition) is 4. The van der Waals surface area contributed by atoms with Gasteiger partial charge in [0.25, 0.3) is 23.6 Å². The summed E-state index contributed by atoms with van der Waals surface area (Å²) < 4.78 is 0. The molecule has 3 rings (SSSR count). The Morgan fingerprint density at radius 3 is 2.35 bits per heavy atom. The molecule has 4 amide bonds. The van der Waals surface area contributed by atoms with E-state index in [2.05, 4.69) is 10.6 Å². The number of hydrogen-bond donors (Lipinski definition) is 2. The number of imide groups is 1. The van der Waals surface area contributed by atoms with Gasteiger partial charge in [0.05, 0.1) is 11.1 Å². The topological polar surface area (TPSA) is 95.6 Å². The molecule has 0 saturated heterocycles. The van der Waals surface area contributed by atoms with Crippen LogP contribution < -0.4 is 10.6 Å². The minimum atomic E-state index is -0.433. The van der Waals surface area contributed by atoms with Gasteiger partial charge >= 0.3 is 0 Å². The normalized spacial score (nSPS) is 12.8. The molecule has 0 bridgehead atoms. The Labute approximate surface area is 150 Å². The quantitative estimate of drug-likeness (QED) is 0.825. The van der Waals surface area contributed by atoms with E-state index < -0.39 is 11.8 Å². The average Bonchev–Trinajstić information content (AvgIpc) is 2.86. The molecule has 0 atom stereocenters. The Bertz CT molecular complexity index is 965. The van der Waals surface area contributed by atoms with E-state index in [1.165, 1.54) is 32.3 Å². The second-order valence-corrected chi connectivity index (χ2v) is 5.94. The van der Waals surface area contributed by atoms with E-state index >= 15 is 0 Å². The summed E-state index contributed by atoms with van der Waals surface area (Å²) in [7, 11) is 2.94. The highest BCUT2D eigenvalue weighted by atomic mass is 16.2. The monoisotopic (exact) mass is 351 g/mol. The van der Waals surface area contributed by atoms with Gasteiger partial charge in [-0.15, -0.1) is 0 Å². The van der Waals surface area contributed by atoms with Crippen LogP contribution in [0, 0.1) is 6.92 Å². The van der Waals surface area contributed by atoms with Crippen molar-refractivity contribution in [2.45, 2.75) is 6.92 Å². The summed E-state index contributed by atoms with van der Waals surface area (Å²) in [5.41, 5.74) is 2.34. The van der Waals surface area contributed by atoms with Gasteiger partial charge in [-0.25, -0.2) is 0 Å². The number of anilines is 1. The van der Waals surface area contributed by atoms with Crippen LogP contribution in [0.2, 0.25) is 0 Å². The van der Waals surface area contributed by atoms with Gasteiger partial charge in [0.1, 0.15) is 0 Å². The highest BCUT2D eigenvalue weighted by Gasteiger charge is 2.33. The summed E-state index contributed by atoms with van der Waals surface area (Å²) in [6, 6.07) is 9.41. The van der Waals surface area contributed by atoms with Gasteiger partial charge < -0.3 is 10.6 Å². The van der Waals surface area contributed by atoms with Crippen molar-refractivity contribution in [2.24, 2.45) is 0 Å². The van der Waals surface area contributed by atoms with Gasteiger partial charge in [0.2, 0.25) is 0 Å². The SMILES string of the molecule is CNC(=O)c1cccc(NC(=O)c2ccc3c(c2)C(=O)N(C)C3=O)c1C. The molecule has 0 spiro atoms. The van der Waals surface area contributed by atoms with Gasteiger partial charge in [0.15, 0.2) is 0 Å². The van der Waals surface area contributed by atoms with Crippen molar-refractivity contribution in [3.05, 3.63) is 64.2 Å². The van der Waals surface area contributed by atoms with E-state index in [1.807, 2.05) is 0 Å². The van der Waals surface area contributed by atoms with E-state index in [9.17, 15) is 19.2 Å². The Kier molecular flexibility index (Phi) is 4.29. The fourth-order valence-electron chi connectivity index (χ4n) is 2.85. The maximum absolute atomic E-state index is 12.6. The number of nitrogens with one attached hydrogen (secondary N) is 2. The smallest absolute Gasteiger partial charge is 0.261 e. The molecule has 2 aromatic rings. The lowest BCUT2D eigenvalue weighted by molar-refractivity contribution is 0.0692. The number of amides is 4. The van der Waals surface area contributed by atoms with E-state index in [0.717, 1.165) is 4.90 Å². The average molecular weight is 351 g/mol. The fourth-order valence-corrected chi connectivity index (χ4v) is 2.85. The molecular weight excluding hydrogens is 334 g/mol. The molecule has 0 saturated carbocycles. The first kappa shape index (κ1) is 17.3. The van der Waals surface area contributed by atoms with E-state index in [1.54, 1.807) is 25.1 Å². The number of nitrogens with zero attached hydrogens (tertiary/aromatic N) is 1. The number of carbonyl (C=O) groups excluding carboxylic acids is 4. The maximum Gasteiger partial charge on any atom is 0.261 e. The van der Waals surface area contributed by atoms with E-state index in [0.29, 0.717) is 16.8 Å². The maximum atomic E-state index is 12.6. The van der Waals surface area contributed by atoms with Crippen molar-refractivity contribution < 1.29 is 19.2 Å². The van der Waals surface area contributed by atoms with Crippen molar-refractivity contribution in [2.75, 3.05) is 19.4 Å². The zero-order chi connectivity index (χ0) is 19.0. The second kappa shape index (κ2) is 6.44. The predicted octanol–water partition coefficient (Wildman–Crippen LogP) is 1.83. The van der Waals surface area contributed by atoms with Crippen LogP contribution in [0.25, 0.3) is 0 Å². The van der Waals surface area contributed by atoms with Crippen LogP contribution in [0.15, 0.2) is 36.4 Å². The second-order valence-electron chi connectivity index (χ2n) is 5.94. The first-order valence-electron chi connectivity index (χ1n) is 7.94. The van der Waals surface area contributed by atoms with Crippen LogP contribution in [0.4, 0.5) is 5.69 Å². The zero-order valence-electron chi connectivity index (χ0n) is 14.5. The Hall–Kier alpha value is -3.48. The first-order valence-corrected chi connectivity index (χ1v) is 7.94. The van der Waals surface area contributed by atoms with Gasteiger partial charge in [-0.3, -0.25) is 24.1 Å². The third-order valence-corrected chi connectivity index (χ3v) is 4.41. The van der Waals surface area contributed by atoms with Crippen molar-refractivity contribution >= 4 is 29.3 Å². The summed E-state index contributed by atoms with van der Waals surface area (Å²) >= 11 is 0. The van der Waals surface area contributed by atoms with Gasteiger partial charge in [-0.05, 0) is 42.8 Å². The number of carbonyl (C=O) groups is 4. The lowest BCUT2D eigenvalue weighted by atomic mass is 10.0. The van der Waals surface area contributed by atoms with Crippen LogP contribution in [0.5, 0.6) is 0 Å². The molecule has 26 heavy (non-hydrogen) atoms. The molecule has 1 aliphatic rings. The van der Waals surface area contributed by atoms with Crippen LogP contribution >= 0.6 is 0 Å². The molecule has 0 aliphatic carbocycles. The Morgan fingerprint density at radius 1 is 0.962 bits per heavy atom. The number of fused-ring (bicyclic) bond motifs is 1. The largest absolute Gasteiger partial charge is 0.355 e. The lowest BCUT2D eigenvalue weighted by Gasteiger charge is -2.12. The summed E-state index contributed by atoms with van der Waals surface area (Å²) in [5.74, 6) is -1.49. The molecule has 2 N–H and O–H groups in total. The molecule has 2 aromatic carbocycles. The summed E-state index contributed by atoms with van der Waals surface area (Å²) in [6.07, 6.45) is 0. The molecule has 0 radical (unpaired) electrons. The van der Waals surface area contributed by atoms with E-state index in [-0.39, 0.29) is 28.5 Å². The molecule has 1 heterocycles. The van der Waals surface area contributed by atoms with Crippen molar-refractivity contribution in [3.8, 4) is 0 Å². The minimum absolute atomic E-state index is 0.209. The first-order chi connectivity index (χ1) is 12.3. The van der Waals surface area contributed by atoms with E-state index in [4.69, 9.17) is 0 Å². The third kappa shape index (κ3) is 2.73. The zero-order valence-corrected chi connectivity index (χ0v) is 14.5. The third-order valence-electron chi connectivity index (χ3n) is 4.41. The Morgan fingerprint density at radius 2 is 1.65 bits per heavy atom. The van der Waals surface area contributed by atoms with Crippen LogP contribution in [0.3, 0.4) is 0 Å². The molecule has 0 aromatic heterocycles. The van der Waals surface area contributed by atoms with Gasteiger partial charge in [-0.1, -0.05) is 6.07 Å². The van der Waals surface area contributed by atoms with Crippen LogP contribution in [-0.2, 0) is 0 Å². The molecule has 0 unspecified atom stereocenters. The Balaban J connectivity index is 1.90. The molecule has 1 aliphatic heterocycles. The van der Waals surface area contributed by atoms with Crippen molar-refractivity contribution in [1.82, 2.24) is 10.2 Å². The van der Waals surface area contributed by atoms with Crippen LogP contribution in [0.1, 0.15) is 47.0 Å². The summed E-state index contributed by atoms with van der Waals surface area (Å²) in [5, 5.41) is 5.30. The highest BCUT2D eigenvalue weighted by molar-refractivity contribution is 6.22. The minimum Gasteiger partial charge on any atom is -0.355 e. The van der Waals surface area contributed by atoms with Gasteiger partial charge in [-0.2, -0.15) is 0 Å². The molecule has 0 fully saturated rings. The predicted molar refractivity (Wildman–Crippen MR) is 95.4 cm³/mol. The number of benzene rings is 2. The summed E-state index contributed by atoms with van der Waals surface area (Å²) in [4.78, 5) is 49.4. The molecular formula is C19H17N3O4. The standard InChI is InChI=1S/C19H17N3O4/c1-10-12(17(24)20-2)5-4-6-15(10)21-16(23)11-7-8-13-14(9-11)19(26)22(3)18(13)25/h4-9H,1-3H3,(H,20,24)(H,21,23). The number of rotatable bonds is 3. The molecule has 7 nitrogen and oxygen atoms in total. The highest BCUT2D eigenvalue weighted by Crippen LogP contribution is 2.24. The van der Waals surface area contributed by atoms with Crippen molar-refractivity contribution in [1.29, 1.82) is 0 Å². The summed E-state index contributed by atoms with van der Waals surface area (Å²) in [6.45, 7) is 1.74.